The molecule has 0 bridgehead atoms. The number of aliphatic hydroxyl groups excluding tert-OH is 1. The Morgan fingerprint density at radius 3 is 1.22 bits per heavy atom. The summed E-state index contributed by atoms with van der Waals surface area (Å²) in [4.78, 5) is 24.3. The van der Waals surface area contributed by atoms with E-state index in [4.69, 9.17) is 9.47 Å². The van der Waals surface area contributed by atoms with E-state index in [1.165, 1.54) is 154 Å². The first kappa shape index (κ1) is 48.4. The number of rotatable bonds is 40. The van der Waals surface area contributed by atoms with Gasteiger partial charge in [0.2, 0.25) is 0 Å². The maximum atomic E-state index is 12.2. The molecule has 294 valence electrons. The number of hydrogen-bond donors (Lipinski definition) is 1. The zero-order chi connectivity index (χ0) is 36.4. The first-order valence-electron chi connectivity index (χ1n) is 21.9. The fraction of sp³-hybridized carbons (Fsp3) is 0.867. The summed E-state index contributed by atoms with van der Waals surface area (Å²) >= 11 is 0. The molecule has 0 fully saturated rings. The van der Waals surface area contributed by atoms with Crippen LogP contribution in [0.3, 0.4) is 0 Å². The van der Waals surface area contributed by atoms with E-state index in [0.717, 1.165) is 51.4 Å². The fourth-order valence-electron chi connectivity index (χ4n) is 6.41. The van der Waals surface area contributed by atoms with E-state index >= 15 is 0 Å². The second-order valence-electron chi connectivity index (χ2n) is 14.8. The van der Waals surface area contributed by atoms with Crippen molar-refractivity contribution in [1.29, 1.82) is 0 Å². The number of allylic oxidation sites excluding steroid dienone is 4. The first-order chi connectivity index (χ1) is 24.6. The van der Waals surface area contributed by atoms with Crippen molar-refractivity contribution in [2.45, 2.75) is 238 Å². The van der Waals surface area contributed by atoms with Crippen LogP contribution >= 0.6 is 0 Å². The highest BCUT2D eigenvalue weighted by Crippen LogP contribution is 2.15. The topological polar surface area (TPSA) is 72.8 Å². The van der Waals surface area contributed by atoms with Gasteiger partial charge in [0.05, 0.1) is 6.61 Å². The monoisotopic (exact) mass is 705 g/mol. The van der Waals surface area contributed by atoms with E-state index in [1.54, 1.807) is 0 Å². The smallest absolute Gasteiger partial charge is 0.306 e. The lowest BCUT2D eigenvalue weighted by Gasteiger charge is -2.15. The van der Waals surface area contributed by atoms with Gasteiger partial charge in [-0.1, -0.05) is 199 Å². The first-order valence-corrected chi connectivity index (χ1v) is 21.9. The Kier molecular flexibility index (Phi) is 40.4. The molecule has 0 radical (unpaired) electrons. The maximum absolute atomic E-state index is 12.2. The third-order valence-corrected chi connectivity index (χ3v) is 9.75. The van der Waals surface area contributed by atoms with Crippen molar-refractivity contribution in [3.63, 3.8) is 0 Å². The SMILES string of the molecule is CCCCC/C=C\C/C=C\CCCCCCCCCC(=O)OC(CO)COC(=O)CCCCCCCCCCCCCCCCCCCCC. The normalized spacial score (nSPS) is 12.3. The summed E-state index contributed by atoms with van der Waals surface area (Å²) < 4.78 is 10.6. The second-order valence-corrected chi connectivity index (χ2v) is 14.8. The molecule has 5 heteroatoms. The lowest BCUT2D eigenvalue weighted by molar-refractivity contribution is -0.161. The maximum Gasteiger partial charge on any atom is 0.306 e. The molecule has 0 aromatic heterocycles. The summed E-state index contributed by atoms with van der Waals surface area (Å²) in [7, 11) is 0. The third kappa shape index (κ3) is 39.2. The summed E-state index contributed by atoms with van der Waals surface area (Å²) in [5, 5.41) is 9.58. The average Bonchev–Trinajstić information content (AvgIpc) is 3.12. The number of carbonyl (C=O) groups is 2. The van der Waals surface area contributed by atoms with E-state index in [0.29, 0.717) is 12.8 Å². The van der Waals surface area contributed by atoms with Crippen molar-refractivity contribution in [2.75, 3.05) is 13.2 Å². The summed E-state index contributed by atoms with van der Waals surface area (Å²) in [5.74, 6) is -0.589. The minimum Gasteiger partial charge on any atom is -0.462 e. The molecule has 0 saturated carbocycles. The minimum absolute atomic E-state index is 0.0644. The molecule has 0 rings (SSSR count). The van der Waals surface area contributed by atoms with Crippen LogP contribution in [0.5, 0.6) is 0 Å². The van der Waals surface area contributed by atoms with Gasteiger partial charge >= 0.3 is 11.9 Å². The predicted molar refractivity (Wildman–Crippen MR) is 215 cm³/mol. The molecule has 1 unspecified atom stereocenters. The van der Waals surface area contributed by atoms with E-state index in [-0.39, 0.29) is 25.2 Å². The number of aliphatic hydroxyl groups is 1. The number of ether oxygens (including phenoxy) is 2. The Balaban J connectivity index is 3.50. The highest BCUT2D eigenvalue weighted by Gasteiger charge is 2.16. The summed E-state index contributed by atoms with van der Waals surface area (Å²) in [6.07, 6.45) is 49.6. The van der Waals surface area contributed by atoms with Crippen LogP contribution in [-0.2, 0) is 19.1 Å². The summed E-state index contributed by atoms with van der Waals surface area (Å²) in [6.45, 7) is 4.13. The Morgan fingerprint density at radius 1 is 0.460 bits per heavy atom. The molecule has 0 aromatic rings. The van der Waals surface area contributed by atoms with Crippen molar-refractivity contribution < 1.29 is 24.2 Å². The van der Waals surface area contributed by atoms with Crippen LogP contribution in [0.1, 0.15) is 232 Å². The van der Waals surface area contributed by atoms with Crippen LogP contribution in [0.4, 0.5) is 0 Å². The standard InChI is InChI=1S/C45H84O5/c1-3-5-7-9-11-13-15-17-19-21-22-24-25-27-29-31-33-35-37-39-44(47)49-42-43(41-46)50-45(48)40-38-36-34-32-30-28-26-23-20-18-16-14-12-10-8-6-4-2/h12,14,18,20,43,46H,3-11,13,15-17,19,21-42H2,1-2H3/b14-12-,20-18-. The van der Waals surface area contributed by atoms with Gasteiger partial charge in [0, 0.05) is 12.8 Å². The van der Waals surface area contributed by atoms with Crippen LogP contribution in [-0.4, -0.2) is 36.4 Å². The van der Waals surface area contributed by atoms with Crippen molar-refractivity contribution in [3.05, 3.63) is 24.3 Å². The molecule has 50 heavy (non-hydrogen) atoms. The van der Waals surface area contributed by atoms with Crippen molar-refractivity contribution in [2.24, 2.45) is 0 Å². The Bertz CT molecular complexity index is 761. The second kappa shape index (κ2) is 41.8. The highest BCUT2D eigenvalue weighted by molar-refractivity contribution is 5.70. The number of hydrogen-bond acceptors (Lipinski definition) is 5. The highest BCUT2D eigenvalue weighted by atomic mass is 16.6. The molecule has 0 aliphatic heterocycles. The molecule has 0 heterocycles. The Labute approximate surface area is 311 Å². The molecule has 1 atom stereocenters. The van der Waals surface area contributed by atoms with E-state index in [9.17, 15) is 14.7 Å². The Morgan fingerprint density at radius 2 is 0.800 bits per heavy atom. The molecule has 0 aliphatic rings. The molecular formula is C45H84O5. The minimum atomic E-state index is -0.771. The zero-order valence-electron chi connectivity index (χ0n) is 33.4. The zero-order valence-corrected chi connectivity index (χ0v) is 33.4. The van der Waals surface area contributed by atoms with E-state index < -0.39 is 6.10 Å². The number of esters is 2. The molecule has 0 amide bonds. The third-order valence-electron chi connectivity index (χ3n) is 9.75. The predicted octanol–water partition coefficient (Wildman–Crippen LogP) is 13.8. The number of unbranched alkanes of at least 4 members (excludes halogenated alkanes) is 28. The van der Waals surface area contributed by atoms with Crippen molar-refractivity contribution in [3.8, 4) is 0 Å². The van der Waals surface area contributed by atoms with Crippen LogP contribution in [0, 0.1) is 0 Å². The fourth-order valence-corrected chi connectivity index (χ4v) is 6.41. The molecule has 5 nitrogen and oxygen atoms in total. The molecule has 0 aromatic carbocycles. The lowest BCUT2D eigenvalue weighted by atomic mass is 10.0. The van der Waals surface area contributed by atoms with Gasteiger partial charge in [0.1, 0.15) is 6.61 Å². The van der Waals surface area contributed by atoms with Crippen molar-refractivity contribution in [1.82, 2.24) is 0 Å². The van der Waals surface area contributed by atoms with Gasteiger partial charge in [-0.05, 0) is 44.9 Å². The van der Waals surface area contributed by atoms with Gasteiger partial charge in [-0.3, -0.25) is 9.59 Å². The molecule has 0 spiro atoms. The van der Waals surface area contributed by atoms with Crippen LogP contribution in [0.2, 0.25) is 0 Å². The number of carbonyl (C=O) groups excluding carboxylic acids is 2. The lowest BCUT2D eigenvalue weighted by Crippen LogP contribution is -2.28. The largest absolute Gasteiger partial charge is 0.462 e. The van der Waals surface area contributed by atoms with Crippen molar-refractivity contribution >= 4 is 11.9 Å². The van der Waals surface area contributed by atoms with Crippen LogP contribution < -0.4 is 0 Å². The molecule has 0 aliphatic carbocycles. The average molecular weight is 705 g/mol. The van der Waals surface area contributed by atoms with Gasteiger partial charge < -0.3 is 14.6 Å². The summed E-state index contributed by atoms with van der Waals surface area (Å²) in [5.41, 5.74) is 0. The van der Waals surface area contributed by atoms with Gasteiger partial charge in [0.15, 0.2) is 6.10 Å². The Hall–Kier alpha value is -1.62. The molecule has 1 N–H and O–H groups in total. The summed E-state index contributed by atoms with van der Waals surface area (Å²) in [6, 6.07) is 0. The van der Waals surface area contributed by atoms with Gasteiger partial charge in [-0.15, -0.1) is 0 Å². The van der Waals surface area contributed by atoms with E-state index in [2.05, 4.69) is 38.2 Å². The molecule has 0 saturated heterocycles. The van der Waals surface area contributed by atoms with Crippen LogP contribution in [0.25, 0.3) is 0 Å². The van der Waals surface area contributed by atoms with Gasteiger partial charge in [0.25, 0.3) is 0 Å². The van der Waals surface area contributed by atoms with Gasteiger partial charge in [-0.2, -0.15) is 0 Å². The van der Waals surface area contributed by atoms with Crippen LogP contribution in [0.15, 0.2) is 24.3 Å². The quantitative estimate of drug-likeness (QED) is 0.0390. The molecular weight excluding hydrogens is 620 g/mol. The van der Waals surface area contributed by atoms with E-state index in [1.807, 2.05) is 0 Å². The van der Waals surface area contributed by atoms with Gasteiger partial charge in [-0.25, -0.2) is 0 Å².